The molecule has 7 aliphatic heterocycles. The van der Waals surface area contributed by atoms with Crippen molar-refractivity contribution in [2.45, 2.75) is 254 Å². The fourth-order valence-corrected chi connectivity index (χ4v) is 18.1. The first-order valence-corrected chi connectivity index (χ1v) is 39.1. The average Bonchev–Trinajstić information content (AvgIpc) is 1.66. The molecule has 20 rings (SSSR count). The number of rotatable bonds is 20. The first-order valence-electron chi connectivity index (χ1n) is 39.1. The molecule has 570 valence electrons. The number of piperidine rings is 3. The molecular formula is C85H99IKN10O12-. The van der Waals surface area contributed by atoms with Crippen LogP contribution in [0.4, 0.5) is 11.4 Å². The molecule has 24 heteroatoms. The van der Waals surface area contributed by atoms with Crippen molar-refractivity contribution >= 4 is 34.4 Å². The van der Waals surface area contributed by atoms with Gasteiger partial charge in [-0.05, 0) is 178 Å². The SMILES string of the molecule is CC(=O)c1cnc2cc(N3C4CC[C@H]3CC(OCc3c(-c5ccccc5C)noc3C3CC3)C4)ccn12.Cc1ccccc1-c1noc(C2CC2)c1COC1CC2CC[C@@H](C1)N2.Cc1ccccc1-c1noc(C2CC2)c1COC1CC2CC[C@@H](C1)N2c1ccn2c(C(=O)O)cnc2c1.OCC1CCCO1.[I-].[K+].[OH-]. The Hall–Kier alpha value is -6.50. The number of carbonyl (C=O) groups excluding carboxylic acids is 1. The number of ether oxygens (including phenoxy) is 4. The number of hydrogen-bond acceptors (Lipinski definition) is 19. The molecule has 22 nitrogen and oxygen atoms in total. The summed E-state index contributed by atoms with van der Waals surface area (Å²) < 4.78 is 45.7. The van der Waals surface area contributed by atoms with E-state index in [4.69, 9.17) is 37.6 Å². The third-order valence-corrected chi connectivity index (χ3v) is 24.1. The van der Waals surface area contributed by atoms with Crippen LogP contribution in [-0.2, 0) is 38.8 Å². The Morgan fingerprint density at radius 1 is 0.514 bits per heavy atom. The zero-order valence-electron chi connectivity index (χ0n) is 63.1. The molecule has 109 heavy (non-hydrogen) atoms. The molecule has 4 N–H and O–H groups in total. The fraction of sp³-hybridized carbons (Fsp3) is 0.494. The van der Waals surface area contributed by atoms with E-state index in [1.807, 2.05) is 28.9 Å². The minimum Gasteiger partial charge on any atom is -1.00 e. The molecule has 7 aromatic heterocycles. The number of pyridine rings is 2. The number of nitrogens with zero attached hydrogens (tertiary/aromatic N) is 9. The molecular weight excluding hydrogens is 1520 g/mol. The van der Waals surface area contributed by atoms with Crippen LogP contribution in [0.1, 0.15) is 225 Å². The Morgan fingerprint density at radius 2 is 0.890 bits per heavy atom. The van der Waals surface area contributed by atoms with Crippen molar-refractivity contribution in [3.8, 4) is 33.8 Å². The van der Waals surface area contributed by atoms with E-state index in [1.54, 1.807) is 17.5 Å². The van der Waals surface area contributed by atoms with E-state index in [2.05, 4.69) is 146 Å². The van der Waals surface area contributed by atoms with Crippen LogP contribution in [0.2, 0.25) is 0 Å². The second-order valence-electron chi connectivity index (χ2n) is 31.5. The number of carboxylic acid groups (broad SMARTS) is 1. The molecule has 10 fully saturated rings. The van der Waals surface area contributed by atoms with Gasteiger partial charge in [0.25, 0.3) is 0 Å². The largest absolute Gasteiger partial charge is 1.00 e. The topological polar surface area (TPSA) is 273 Å². The summed E-state index contributed by atoms with van der Waals surface area (Å²) in [4.78, 5) is 37.2. The van der Waals surface area contributed by atoms with Gasteiger partial charge in [0.15, 0.2) is 11.5 Å². The third kappa shape index (κ3) is 17.2. The fourth-order valence-electron chi connectivity index (χ4n) is 18.1. The van der Waals surface area contributed by atoms with Crippen LogP contribution >= 0.6 is 0 Å². The predicted octanol–water partition coefficient (Wildman–Crippen LogP) is 10.0. The van der Waals surface area contributed by atoms with Crippen LogP contribution < -0.4 is 90.5 Å². The number of aliphatic hydroxyl groups is 1. The van der Waals surface area contributed by atoms with Crippen molar-refractivity contribution in [2.24, 2.45) is 0 Å². The Kier molecular flexibility index (Phi) is 25.3. The van der Waals surface area contributed by atoms with Crippen LogP contribution in [-0.4, -0.2) is 136 Å². The number of aromatic carboxylic acids is 1. The molecule has 14 heterocycles. The molecule has 0 spiro atoms. The average molecular weight is 1620 g/mol. The number of imidazole rings is 2. The standard InChI is InChI=1S/C30H32N4O3.C29H30N4O4.C21H26N2O2.C5H10O2.HI.K.H2O/c1-18-5-3-4-6-25(18)29-26(30(37-32-29)20-7-8-20)17-36-24-13-21-9-10-22(14-24)34(21)23-11-12-33-27(19(2)35)16-31-28(33)15-23;1-17-4-2-3-5-23(17)27-24(28(37-31-27)18-6-7-18)16-36-22-12-19-8-9-20(13-22)33(19)21-10-11-32-25(29(34)35)15-30-26(32)14-21;1-13-4-2-3-5-18(13)20-19(21(25-23-20)14-6-7-14)12-24-17-10-15-8-9-16(11-17)22-15;6-4-5-2-1-3-7-5;;;/h3-6,11-12,15-16,20-22,24H,7-10,13-14,17H2,1-2H3;2-5,10-11,14-15,18-20,22H,6-9,12-13,16H2,1H3,(H,34,35);2-5,14-17,22H,6-12H2,1H3;5-6H,1-4H2;1H;;1H2/q;;;;;+1;/p-2/t21-,22?,24?;19-,20?,22?;15-,16?,17?;;;;/m000..../s1. The number of carbonyl (C=O) groups is 2. The van der Waals surface area contributed by atoms with Crippen molar-refractivity contribution in [3.63, 3.8) is 0 Å². The number of hydrogen-bond donors (Lipinski definition) is 3. The molecule has 6 bridgehead atoms. The summed E-state index contributed by atoms with van der Waals surface area (Å²) in [7, 11) is 0. The van der Waals surface area contributed by atoms with Gasteiger partial charge in [0, 0.05) is 137 Å². The summed E-state index contributed by atoms with van der Waals surface area (Å²) in [6, 6.07) is 36.4. The third-order valence-electron chi connectivity index (χ3n) is 24.1. The first-order chi connectivity index (χ1) is 51.8. The minimum absolute atomic E-state index is 0. The number of carboxylic acids is 1. The zero-order chi connectivity index (χ0) is 72.1. The van der Waals surface area contributed by atoms with Crippen molar-refractivity contribution in [1.82, 2.24) is 39.6 Å². The van der Waals surface area contributed by atoms with E-state index in [1.165, 1.54) is 91.1 Å². The van der Waals surface area contributed by atoms with Gasteiger partial charge in [0.1, 0.15) is 51.4 Å². The van der Waals surface area contributed by atoms with Crippen LogP contribution in [0.5, 0.6) is 0 Å². The number of aliphatic hydroxyl groups excluding tert-OH is 1. The molecule has 0 radical (unpaired) electrons. The number of ketones is 1. The second-order valence-corrected chi connectivity index (χ2v) is 31.5. The van der Waals surface area contributed by atoms with Crippen LogP contribution in [0.3, 0.4) is 0 Å². The van der Waals surface area contributed by atoms with Gasteiger partial charge in [-0.3, -0.25) is 13.6 Å². The van der Waals surface area contributed by atoms with Crippen LogP contribution in [0.15, 0.2) is 135 Å². The second kappa shape index (κ2) is 34.9. The van der Waals surface area contributed by atoms with Gasteiger partial charge < -0.3 is 87.3 Å². The smallest absolute Gasteiger partial charge is 1.00 e. The minimum atomic E-state index is -0.971. The Balaban J connectivity index is 0.000000131. The van der Waals surface area contributed by atoms with E-state index < -0.39 is 5.97 Å². The summed E-state index contributed by atoms with van der Waals surface area (Å²) in [5.74, 6) is 3.67. The summed E-state index contributed by atoms with van der Waals surface area (Å²) in [6.45, 7) is 10.7. The van der Waals surface area contributed by atoms with E-state index in [0.717, 1.165) is 152 Å². The normalized spacial score (nSPS) is 24.3. The molecule has 10 atom stereocenters. The number of fused-ring (bicyclic) bond motifs is 8. The number of Topliss-reactive ketones (excluding diaryl/α,β-unsaturated/α-hetero) is 1. The van der Waals surface area contributed by atoms with Crippen molar-refractivity contribution in [2.75, 3.05) is 23.0 Å². The Morgan fingerprint density at radius 3 is 1.23 bits per heavy atom. The van der Waals surface area contributed by atoms with Gasteiger partial charge in [-0.15, -0.1) is 0 Å². The van der Waals surface area contributed by atoms with Crippen molar-refractivity contribution in [3.05, 3.63) is 184 Å². The number of anilines is 2. The molecule has 7 unspecified atom stereocenters. The van der Waals surface area contributed by atoms with Gasteiger partial charge in [0.2, 0.25) is 0 Å². The summed E-state index contributed by atoms with van der Waals surface area (Å²) in [6.07, 6.45) is 30.6. The van der Waals surface area contributed by atoms with Crippen molar-refractivity contribution in [1.29, 1.82) is 0 Å². The maximum absolute atomic E-state index is 11.9. The van der Waals surface area contributed by atoms with Crippen LogP contribution in [0.25, 0.3) is 45.1 Å². The number of benzene rings is 3. The Bertz CT molecular complexity index is 4540. The molecule has 3 aliphatic carbocycles. The number of aromatic nitrogens is 7. The molecule has 0 amide bonds. The Labute approximate surface area is 695 Å². The van der Waals surface area contributed by atoms with Gasteiger partial charge in [-0.25, -0.2) is 14.8 Å². The van der Waals surface area contributed by atoms with E-state index in [0.29, 0.717) is 91.3 Å². The quantitative estimate of drug-likeness (QED) is 0.0363. The molecule has 10 aromatic rings. The summed E-state index contributed by atoms with van der Waals surface area (Å²) >= 11 is 0. The van der Waals surface area contributed by atoms with Gasteiger partial charge in [-0.1, -0.05) is 88.3 Å². The maximum Gasteiger partial charge on any atom is 1.00 e. The molecule has 3 aromatic carbocycles. The van der Waals surface area contributed by atoms with Crippen LogP contribution in [0, 0.1) is 20.8 Å². The maximum atomic E-state index is 11.9. The molecule has 3 saturated carbocycles. The zero-order valence-corrected chi connectivity index (χ0v) is 68.4. The summed E-state index contributed by atoms with van der Waals surface area (Å²) in [5.41, 5.74) is 17.9. The van der Waals surface area contributed by atoms with Gasteiger partial charge in [-0.2, -0.15) is 0 Å². The monoisotopic (exact) mass is 1620 g/mol. The predicted molar refractivity (Wildman–Crippen MR) is 403 cm³/mol. The van der Waals surface area contributed by atoms with E-state index in [9.17, 15) is 14.7 Å². The molecule has 7 saturated heterocycles. The van der Waals surface area contributed by atoms with E-state index in [-0.39, 0.29) is 117 Å². The van der Waals surface area contributed by atoms with Crippen molar-refractivity contribution < 1.29 is 133 Å². The summed E-state index contributed by atoms with van der Waals surface area (Å²) in [5, 5.41) is 35.0. The first kappa shape index (κ1) is 79.2. The number of halogens is 1. The number of nitrogens with one attached hydrogen (secondary N) is 1. The molecule has 10 aliphatic rings. The van der Waals surface area contributed by atoms with Gasteiger partial charge in [0.05, 0.1) is 63.2 Å². The van der Waals surface area contributed by atoms with E-state index >= 15 is 0 Å². The van der Waals surface area contributed by atoms with Gasteiger partial charge >= 0.3 is 57.4 Å². The number of aryl methyl sites for hydroxylation is 3.